The Morgan fingerprint density at radius 2 is 1.68 bits per heavy atom. The number of carbonyl (C=O) groups is 2. The van der Waals surface area contributed by atoms with E-state index in [1.807, 2.05) is 0 Å². The van der Waals surface area contributed by atoms with Gasteiger partial charge < -0.3 is 15.4 Å². The summed E-state index contributed by atoms with van der Waals surface area (Å²) >= 11 is 0. The topological polar surface area (TPSA) is 98.1 Å². The monoisotopic (exact) mass is 689 g/mol. The van der Waals surface area contributed by atoms with Crippen molar-refractivity contribution in [3.05, 3.63) is 136 Å². The third-order valence-electron chi connectivity index (χ3n) is 8.43. The Morgan fingerprint density at radius 1 is 0.940 bits per heavy atom. The minimum Gasteiger partial charge on any atom is -0.428 e. The van der Waals surface area contributed by atoms with Crippen molar-refractivity contribution in [1.82, 2.24) is 25.4 Å². The van der Waals surface area contributed by atoms with Gasteiger partial charge in [0.2, 0.25) is 5.91 Å². The molecule has 1 aliphatic carbocycles. The van der Waals surface area contributed by atoms with Gasteiger partial charge in [0.05, 0.1) is 17.3 Å². The predicted molar refractivity (Wildman–Crippen MR) is 174 cm³/mol. The number of nitrogens with zero attached hydrogens (tertiary/aromatic N) is 3. The molecular formula is C37H32F5N5O3. The molecule has 0 fully saturated rings. The summed E-state index contributed by atoms with van der Waals surface area (Å²) in [6, 6.07) is 16.8. The number of rotatable bonds is 11. The molecule has 50 heavy (non-hydrogen) atoms. The molecule has 0 spiro atoms. The van der Waals surface area contributed by atoms with Crippen LogP contribution in [0.3, 0.4) is 0 Å². The highest BCUT2D eigenvalue weighted by Crippen LogP contribution is 2.37. The van der Waals surface area contributed by atoms with E-state index in [2.05, 4.69) is 20.7 Å². The zero-order valence-corrected chi connectivity index (χ0v) is 26.9. The van der Waals surface area contributed by atoms with Gasteiger partial charge in [0.15, 0.2) is 5.69 Å². The van der Waals surface area contributed by atoms with Crippen LogP contribution < -0.4 is 15.4 Å². The Morgan fingerprint density at radius 3 is 2.42 bits per heavy atom. The minimum absolute atomic E-state index is 0.0410. The largest absolute Gasteiger partial charge is 0.446 e. The molecule has 2 amide bonds. The van der Waals surface area contributed by atoms with E-state index in [0.29, 0.717) is 48.1 Å². The van der Waals surface area contributed by atoms with E-state index in [0.717, 1.165) is 24.3 Å². The van der Waals surface area contributed by atoms with Crippen LogP contribution >= 0.6 is 0 Å². The molecule has 0 radical (unpaired) electrons. The number of carbonyl (C=O) groups excluding carboxylic acids is 2. The molecule has 1 aliphatic rings. The van der Waals surface area contributed by atoms with Crippen molar-refractivity contribution in [2.24, 2.45) is 0 Å². The second-order valence-corrected chi connectivity index (χ2v) is 11.9. The van der Waals surface area contributed by atoms with Gasteiger partial charge in [-0.3, -0.25) is 19.3 Å². The fourth-order valence-corrected chi connectivity index (χ4v) is 6.22. The number of hydrogen-bond acceptors (Lipinski definition) is 5. The number of ether oxygens (including phenoxy) is 1. The van der Waals surface area contributed by atoms with E-state index >= 15 is 8.78 Å². The number of fused-ring (bicyclic) bond motifs is 1. The van der Waals surface area contributed by atoms with Crippen LogP contribution in [0.4, 0.5) is 22.0 Å². The average Bonchev–Trinajstić information content (AvgIpc) is 3.47. The van der Waals surface area contributed by atoms with Gasteiger partial charge in [-0.25, -0.2) is 13.2 Å². The molecule has 2 heterocycles. The summed E-state index contributed by atoms with van der Waals surface area (Å²) in [5.41, 5.74) is 1.29. The third kappa shape index (κ3) is 7.51. The molecule has 0 saturated heterocycles. The predicted octanol–water partition coefficient (Wildman–Crippen LogP) is 6.83. The zero-order chi connectivity index (χ0) is 35.4. The third-order valence-corrected chi connectivity index (χ3v) is 8.43. The molecular weight excluding hydrogens is 657 g/mol. The van der Waals surface area contributed by atoms with Crippen molar-refractivity contribution >= 4 is 11.8 Å². The highest BCUT2D eigenvalue weighted by Gasteiger charge is 2.42. The number of hydrogen-bond donors (Lipinski definition) is 2. The van der Waals surface area contributed by atoms with Crippen molar-refractivity contribution < 1.29 is 36.3 Å². The summed E-state index contributed by atoms with van der Waals surface area (Å²) in [6.07, 6.45) is -0.311. The summed E-state index contributed by atoms with van der Waals surface area (Å²) < 4.78 is 80.4. The Bertz CT molecular complexity index is 2020. The normalized spacial score (nSPS) is 13.3. The second-order valence-electron chi connectivity index (χ2n) is 11.9. The first kappa shape index (κ1) is 34.3. The van der Waals surface area contributed by atoms with E-state index in [1.54, 1.807) is 30.3 Å². The Labute approximate surface area is 284 Å². The molecule has 0 unspecified atom stereocenters. The molecule has 13 heteroatoms. The Hall–Kier alpha value is -5.59. The summed E-state index contributed by atoms with van der Waals surface area (Å²) in [5.74, 6) is -3.73. The van der Waals surface area contributed by atoms with Gasteiger partial charge in [0, 0.05) is 36.1 Å². The molecule has 1 atom stereocenters. The van der Waals surface area contributed by atoms with E-state index in [4.69, 9.17) is 4.74 Å². The first-order valence-corrected chi connectivity index (χ1v) is 15.9. The van der Waals surface area contributed by atoms with Crippen LogP contribution in [-0.4, -0.2) is 33.6 Å². The number of benzene rings is 3. The second kappa shape index (κ2) is 14.5. The Balaban J connectivity index is 1.34. The molecule has 8 nitrogen and oxygen atoms in total. The van der Waals surface area contributed by atoms with Crippen LogP contribution in [0.15, 0.2) is 85.1 Å². The van der Waals surface area contributed by atoms with Crippen LogP contribution in [0, 0.1) is 17.5 Å². The first-order valence-electron chi connectivity index (χ1n) is 15.9. The van der Waals surface area contributed by atoms with Crippen LogP contribution in [0.1, 0.15) is 57.5 Å². The lowest BCUT2D eigenvalue weighted by molar-refractivity contribution is -0.189. The van der Waals surface area contributed by atoms with Gasteiger partial charge in [-0.2, -0.15) is 13.9 Å². The van der Waals surface area contributed by atoms with Gasteiger partial charge in [0.1, 0.15) is 29.7 Å². The fraction of sp³-hybridized carbons (Fsp3) is 0.243. The Kier molecular flexibility index (Phi) is 9.93. The fourth-order valence-electron chi connectivity index (χ4n) is 6.22. The SMILES string of the molecule is CNC(=O)c1cc(-c2cccnc2[C@H](Cc2cc(F)cc(F)c2)NC(=O)Cn2nc(C(F)(F)Oc3ccccc3)c3c2CCCC3)ccc1F. The van der Waals surface area contributed by atoms with Gasteiger partial charge >= 0.3 is 6.11 Å². The average molecular weight is 690 g/mol. The summed E-state index contributed by atoms with van der Waals surface area (Å²) in [4.78, 5) is 30.6. The smallest absolute Gasteiger partial charge is 0.428 e. The summed E-state index contributed by atoms with van der Waals surface area (Å²) in [5, 5.41) is 9.43. The molecule has 2 N–H and O–H groups in total. The van der Waals surface area contributed by atoms with Gasteiger partial charge in [-0.1, -0.05) is 30.3 Å². The van der Waals surface area contributed by atoms with E-state index in [1.165, 1.54) is 42.2 Å². The summed E-state index contributed by atoms with van der Waals surface area (Å²) in [7, 11) is 1.37. The number of para-hydroxylation sites is 1. The molecule has 0 bridgehead atoms. The van der Waals surface area contributed by atoms with Crippen molar-refractivity contribution in [3.63, 3.8) is 0 Å². The summed E-state index contributed by atoms with van der Waals surface area (Å²) in [6.45, 7) is -0.447. The van der Waals surface area contributed by atoms with Crippen LogP contribution in [-0.2, 0) is 36.7 Å². The van der Waals surface area contributed by atoms with Crippen molar-refractivity contribution in [2.75, 3.05) is 7.05 Å². The van der Waals surface area contributed by atoms with E-state index in [9.17, 15) is 22.8 Å². The molecule has 3 aromatic carbocycles. The lowest BCUT2D eigenvalue weighted by Gasteiger charge is -2.22. The first-order chi connectivity index (χ1) is 24.0. The molecule has 2 aromatic heterocycles. The highest BCUT2D eigenvalue weighted by atomic mass is 19.3. The lowest BCUT2D eigenvalue weighted by atomic mass is 9.94. The van der Waals surface area contributed by atoms with E-state index in [-0.39, 0.29) is 29.0 Å². The molecule has 0 aliphatic heterocycles. The maximum absolute atomic E-state index is 15.5. The standard InChI is InChI=1S/C37H32F5N5O3/c1-43-36(49)29-19-23(13-14-30(29)40)27-11-7-15-44-34(27)31(18-22-16-24(38)20-25(39)17-22)45-33(48)21-47-32-12-6-5-10-28(32)35(46-47)37(41,42)50-26-8-3-2-4-9-26/h2-4,7-9,11,13-17,19-20,31H,5-6,10,12,18,21H2,1H3,(H,43,49)(H,45,48)/t31-/m0/s1. The quantitative estimate of drug-likeness (QED) is 0.148. The maximum Gasteiger partial charge on any atom is 0.446 e. The van der Waals surface area contributed by atoms with E-state index < -0.39 is 53.7 Å². The highest BCUT2D eigenvalue weighted by molar-refractivity contribution is 5.95. The number of alkyl halides is 2. The molecule has 0 saturated carbocycles. The molecule has 5 aromatic rings. The molecule has 258 valence electrons. The number of halogens is 5. The van der Waals surface area contributed by atoms with Gasteiger partial charge in [0.25, 0.3) is 5.91 Å². The van der Waals surface area contributed by atoms with Crippen molar-refractivity contribution in [1.29, 1.82) is 0 Å². The van der Waals surface area contributed by atoms with Gasteiger partial charge in [-0.05, 0) is 85.7 Å². The van der Waals surface area contributed by atoms with Crippen molar-refractivity contribution in [2.45, 2.75) is 50.8 Å². The van der Waals surface area contributed by atoms with Crippen LogP contribution in [0.5, 0.6) is 5.75 Å². The lowest BCUT2D eigenvalue weighted by Crippen LogP contribution is -2.34. The maximum atomic E-state index is 15.5. The molecule has 6 rings (SSSR count). The van der Waals surface area contributed by atoms with Crippen molar-refractivity contribution in [3.8, 4) is 16.9 Å². The van der Waals surface area contributed by atoms with Gasteiger partial charge in [-0.15, -0.1) is 0 Å². The van der Waals surface area contributed by atoms with Crippen LogP contribution in [0.2, 0.25) is 0 Å². The number of aromatic nitrogens is 3. The number of pyridine rings is 1. The number of amides is 2. The number of nitrogens with one attached hydrogen (secondary N) is 2. The zero-order valence-electron chi connectivity index (χ0n) is 26.9. The van der Waals surface area contributed by atoms with Crippen LogP contribution in [0.25, 0.3) is 11.1 Å². The minimum atomic E-state index is -3.78.